The van der Waals surface area contributed by atoms with Gasteiger partial charge in [0.2, 0.25) is 0 Å². The molecule has 0 bridgehead atoms. The molecule has 0 fully saturated rings. The predicted molar refractivity (Wildman–Crippen MR) is 234 cm³/mol. The van der Waals surface area contributed by atoms with Crippen LogP contribution in [0, 0.1) is 0 Å². The number of benzene rings is 8. The maximum atomic E-state index is 3.95. The van der Waals surface area contributed by atoms with Gasteiger partial charge in [0.05, 0.1) is 11.0 Å². The lowest BCUT2D eigenvalue weighted by molar-refractivity contribution is 0.660. The van der Waals surface area contributed by atoms with Gasteiger partial charge in [0.25, 0.3) is 0 Å². The quantitative estimate of drug-likeness (QED) is 0.160. The Morgan fingerprint density at radius 1 is 0.455 bits per heavy atom. The fraction of sp³-hybridized carbons (Fsp3) is 0.0566. The van der Waals surface area contributed by atoms with Crippen molar-refractivity contribution in [1.82, 2.24) is 4.57 Å². The van der Waals surface area contributed by atoms with Crippen LogP contribution < -0.4 is 4.90 Å². The van der Waals surface area contributed by atoms with Crippen LogP contribution in [0.25, 0.3) is 66.9 Å². The van der Waals surface area contributed by atoms with Gasteiger partial charge in [-0.25, -0.2) is 0 Å². The number of hydrogen-bond donors (Lipinski definition) is 0. The van der Waals surface area contributed by atoms with E-state index < -0.39 is 0 Å². The first kappa shape index (κ1) is 32.7. The predicted octanol–water partition coefficient (Wildman–Crippen LogP) is 14.5. The molecule has 0 spiro atoms. The van der Waals surface area contributed by atoms with Gasteiger partial charge in [-0.3, -0.25) is 0 Å². The Balaban J connectivity index is 1.19. The number of aromatic nitrogens is 1. The average molecular weight is 705 g/mol. The molecule has 0 unspecified atom stereocenters. The van der Waals surface area contributed by atoms with Gasteiger partial charge >= 0.3 is 0 Å². The Morgan fingerprint density at radius 2 is 0.982 bits per heavy atom. The van der Waals surface area contributed by atoms with Crippen LogP contribution in [0.15, 0.2) is 195 Å². The standard InChI is InChI=1S/C53H40N2/c1-4-36-19-21-39(22-20-36)40-25-31-51-47(33-40)48-34-43(29-32-52(48)55(51)41-15-9-6-10-16-41)54(42-26-23-38(24-27-42)37-13-7-5-8-14-37)44-28-30-46-45-17-11-12-18-49(45)53(2,3)50(46)35-44/h4-35H,1H2,2-3H3. The molecular weight excluding hydrogens is 665 g/mol. The van der Waals surface area contributed by atoms with E-state index in [1.807, 2.05) is 6.08 Å². The Bertz CT molecular complexity index is 2880. The number of hydrogen-bond acceptors (Lipinski definition) is 1. The van der Waals surface area contributed by atoms with Gasteiger partial charge in [-0.15, -0.1) is 0 Å². The third-order valence-electron chi connectivity index (χ3n) is 11.6. The van der Waals surface area contributed by atoms with Crippen LogP contribution in [0.1, 0.15) is 30.5 Å². The molecule has 0 amide bonds. The summed E-state index contributed by atoms with van der Waals surface area (Å²) in [6.07, 6.45) is 1.89. The molecule has 9 aromatic rings. The molecule has 0 saturated heterocycles. The largest absolute Gasteiger partial charge is 0.310 e. The van der Waals surface area contributed by atoms with Gasteiger partial charge in [-0.1, -0.05) is 148 Å². The second-order valence-electron chi connectivity index (χ2n) is 15.1. The molecule has 0 atom stereocenters. The number of para-hydroxylation sites is 1. The molecule has 0 aliphatic heterocycles. The first-order valence-electron chi connectivity index (χ1n) is 19.0. The molecule has 10 rings (SSSR count). The molecular formula is C53H40N2. The number of nitrogens with zero attached hydrogens (tertiary/aromatic N) is 2. The summed E-state index contributed by atoms with van der Waals surface area (Å²) in [7, 11) is 0. The number of anilines is 3. The van der Waals surface area contributed by atoms with Crippen LogP contribution in [0.3, 0.4) is 0 Å². The van der Waals surface area contributed by atoms with E-state index in [4.69, 9.17) is 0 Å². The maximum absolute atomic E-state index is 3.95. The van der Waals surface area contributed by atoms with Gasteiger partial charge in [0, 0.05) is 38.9 Å². The monoisotopic (exact) mass is 704 g/mol. The van der Waals surface area contributed by atoms with Crippen molar-refractivity contribution in [2.45, 2.75) is 19.3 Å². The summed E-state index contributed by atoms with van der Waals surface area (Å²) >= 11 is 0. The highest BCUT2D eigenvalue weighted by atomic mass is 15.1. The smallest absolute Gasteiger partial charge is 0.0542 e. The van der Waals surface area contributed by atoms with Crippen LogP contribution in [0.4, 0.5) is 17.1 Å². The van der Waals surface area contributed by atoms with E-state index in [0.29, 0.717) is 0 Å². The summed E-state index contributed by atoms with van der Waals surface area (Å²) in [5, 5.41) is 2.43. The van der Waals surface area contributed by atoms with Gasteiger partial charge in [0.1, 0.15) is 0 Å². The maximum Gasteiger partial charge on any atom is 0.0542 e. The summed E-state index contributed by atoms with van der Waals surface area (Å²) in [5.74, 6) is 0. The lowest BCUT2D eigenvalue weighted by Gasteiger charge is -2.28. The Labute approximate surface area is 322 Å². The molecule has 55 heavy (non-hydrogen) atoms. The van der Waals surface area contributed by atoms with Crippen LogP contribution in [0.5, 0.6) is 0 Å². The van der Waals surface area contributed by atoms with Gasteiger partial charge in [-0.2, -0.15) is 0 Å². The average Bonchev–Trinajstić information content (AvgIpc) is 3.69. The van der Waals surface area contributed by atoms with Crippen molar-refractivity contribution in [2.75, 3.05) is 4.90 Å². The van der Waals surface area contributed by atoms with Crippen LogP contribution in [-0.2, 0) is 5.41 Å². The van der Waals surface area contributed by atoms with Crippen LogP contribution in [0.2, 0.25) is 0 Å². The lowest BCUT2D eigenvalue weighted by Crippen LogP contribution is -2.16. The minimum Gasteiger partial charge on any atom is -0.310 e. The molecule has 262 valence electrons. The highest BCUT2D eigenvalue weighted by Gasteiger charge is 2.35. The highest BCUT2D eigenvalue weighted by Crippen LogP contribution is 2.51. The molecule has 8 aromatic carbocycles. The van der Waals surface area contributed by atoms with Gasteiger partial charge < -0.3 is 9.47 Å². The van der Waals surface area contributed by atoms with Crippen molar-refractivity contribution in [2.24, 2.45) is 0 Å². The van der Waals surface area contributed by atoms with Crippen molar-refractivity contribution in [3.63, 3.8) is 0 Å². The highest BCUT2D eigenvalue weighted by molar-refractivity contribution is 6.12. The zero-order valence-electron chi connectivity index (χ0n) is 31.1. The number of rotatable bonds is 7. The summed E-state index contributed by atoms with van der Waals surface area (Å²) < 4.78 is 2.40. The second kappa shape index (κ2) is 12.9. The van der Waals surface area contributed by atoms with Crippen molar-refractivity contribution in [3.05, 3.63) is 211 Å². The van der Waals surface area contributed by atoms with Crippen molar-refractivity contribution < 1.29 is 0 Å². The van der Waals surface area contributed by atoms with E-state index in [1.54, 1.807) is 0 Å². The molecule has 1 aliphatic carbocycles. The van der Waals surface area contributed by atoms with E-state index in [0.717, 1.165) is 28.3 Å². The van der Waals surface area contributed by atoms with Crippen molar-refractivity contribution in [3.8, 4) is 39.1 Å². The van der Waals surface area contributed by atoms with E-state index in [1.165, 1.54) is 66.3 Å². The summed E-state index contributed by atoms with van der Waals surface area (Å²) in [5.41, 5.74) is 18.0. The molecule has 1 heterocycles. The van der Waals surface area contributed by atoms with Crippen molar-refractivity contribution in [1.29, 1.82) is 0 Å². The third-order valence-corrected chi connectivity index (χ3v) is 11.6. The molecule has 0 N–H and O–H groups in total. The molecule has 1 aromatic heterocycles. The van der Waals surface area contributed by atoms with E-state index in [9.17, 15) is 0 Å². The molecule has 1 aliphatic rings. The first-order chi connectivity index (χ1) is 27.0. The molecule has 2 heteroatoms. The Morgan fingerprint density at radius 3 is 1.73 bits per heavy atom. The van der Waals surface area contributed by atoms with E-state index >= 15 is 0 Å². The lowest BCUT2D eigenvalue weighted by atomic mass is 9.82. The number of fused-ring (bicyclic) bond motifs is 6. The van der Waals surface area contributed by atoms with E-state index in [-0.39, 0.29) is 5.41 Å². The summed E-state index contributed by atoms with van der Waals surface area (Å²) in [4.78, 5) is 2.43. The zero-order chi connectivity index (χ0) is 37.1. The SMILES string of the molecule is C=Cc1ccc(-c2ccc3c(c2)c2cc(N(c4ccc(-c5ccccc5)cc4)c4ccc5c(c4)C(C)(C)c4ccccc4-5)ccc2n3-c2ccccc2)cc1. The Hall–Kier alpha value is -6.90. The van der Waals surface area contributed by atoms with Crippen LogP contribution in [-0.4, -0.2) is 4.57 Å². The molecule has 2 nitrogen and oxygen atoms in total. The van der Waals surface area contributed by atoms with Gasteiger partial charge in [-0.05, 0) is 117 Å². The topological polar surface area (TPSA) is 8.17 Å². The molecule has 0 radical (unpaired) electrons. The first-order valence-corrected chi connectivity index (χ1v) is 19.0. The fourth-order valence-corrected chi connectivity index (χ4v) is 8.71. The van der Waals surface area contributed by atoms with Crippen molar-refractivity contribution >= 4 is 44.9 Å². The van der Waals surface area contributed by atoms with Crippen LogP contribution >= 0.6 is 0 Å². The second-order valence-corrected chi connectivity index (χ2v) is 15.1. The minimum absolute atomic E-state index is 0.113. The third kappa shape index (κ3) is 5.41. The summed E-state index contributed by atoms with van der Waals surface area (Å²) in [6, 6.07) is 68.7. The molecule has 0 saturated carbocycles. The van der Waals surface area contributed by atoms with Gasteiger partial charge in [0.15, 0.2) is 0 Å². The summed E-state index contributed by atoms with van der Waals surface area (Å²) in [6.45, 7) is 8.66. The normalized spacial score (nSPS) is 12.8. The fourth-order valence-electron chi connectivity index (χ4n) is 8.71. The van der Waals surface area contributed by atoms with E-state index in [2.05, 4.69) is 218 Å². The zero-order valence-corrected chi connectivity index (χ0v) is 31.1. The minimum atomic E-state index is -0.113. The Kier molecular flexibility index (Phi) is 7.67.